The zero-order valence-corrected chi connectivity index (χ0v) is 14.7. The normalized spacial score (nSPS) is 26.3. The summed E-state index contributed by atoms with van der Waals surface area (Å²) in [6, 6.07) is 7.90. The van der Waals surface area contributed by atoms with Crippen LogP contribution >= 0.6 is 24.2 Å². The number of fused-ring (bicyclic) bond motifs is 1. The molecule has 1 aromatic carbocycles. The number of benzene rings is 1. The highest BCUT2D eigenvalue weighted by atomic mass is 35.5. The highest BCUT2D eigenvalue weighted by molar-refractivity contribution is 8.01. The Hall–Kier alpha value is -1.24. The fourth-order valence-corrected chi connectivity index (χ4v) is 4.27. The minimum atomic E-state index is -0.355. The molecule has 2 aliphatic rings. The van der Waals surface area contributed by atoms with E-state index in [1.165, 1.54) is 11.8 Å². The summed E-state index contributed by atoms with van der Waals surface area (Å²) in [6.45, 7) is 3.38. The molecule has 0 radical (unpaired) electrons. The fourth-order valence-electron chi connectivity index (χ4n) is 3.16. The summed E-state index contributed by atoms with van der Waals surface area (Å²) in [5.74, 6) is 0.349. The van der Waals surface area contributed by atoms with Gasteiger partial charge in [-0.25, -0.2) is 0 Å². The topological polar surface area (TPSA) is 75.4 Å². The van der Waals surface area contributed by atoms with Gasteiger partial charge >= 0.3 is 0 Å². The Morgan fingerprint density at radius 1 is 1.43 bits per heavy atom. The van der Waals surface area contributed by atoms with Crippen molar-refractivity contribution in [2.45, 2.75) is 36.0 Å². The second-order valence-electron chi connectivity index (χ2n) is 6.03. The zero-order valence-electron chi connectivity index (χ0n) is 13.0. The van der Waals surface area contributed by atoms with Crippen molar-refractivity contribution >= 4 is 41.7 Å². The highest BCUT2D eigenvalue weighted by Crippen LogP contribution is 2.37. The number of rotatable bonds is 3. The van der Waals surface area contributed by atoms with Gasteiger partial charge in [0.2, 0.25) is 11.8 Å². The predicted molar refractivity (Wildman–Crippen MR) is 94.9 cm³/mol. The van der Waals surface area contributed by atoms with Gasteiger partial charge in [0.05, 0.1) is 10.9 Å². The Morgan fingerprint density at radius 3 is 2.87 bits per heavy atom. The molecule has 3 N–H and O–H groups in total. The average Bonchev–Trinajstić information content (AvgIpc) is 2.89. The van der Waals surface area contributed by atoms with E-state index in [0.29, 0.717) is 19.0 Å². The van der Waals surface area contributed by atoms with Gasteiger partial charge in [0.25, 0.3) is 0 Å². The van der Waals surface area contributed by atoms with Crippen molar-refractivity contribution in [3.63, 3.8) is 0 Å². The summed E-state index contributed by atoms with van der Waals surface area (Å²) in [4.78, 5) is 27.6. The maximum Gasteiger partial charge on any atom is 0.238 e. The third kappa shape index (κ3) is 3.82. The first-order valence-corrected chi connectivity index (χ1v) is 8.52. The van der Waals surface area contributed by atoms with Crippen LogP contribution in [-0.4, -0.2) is 41.1 Å². The Bertz CT molecular complexity index is 598. The van der Waals surface area contributed by atoms with E-state index in [-0.39, 0.29) is 41.9 Å². The monoisotopic (exact) mass is 355 g/mol. The summed E-state index contributed by atoms with van der Waals surface area (Å²) in [7, 11) is 0. The molecule has 1 fully saturated rings. The van der Waals surface area contributed by atoms with E-state index in [1.807, 2.05) is 29.2 Å². The van der Waals surface area contributed by atoms with Crippen molar-refractivity contribution in [1.82, 2.24) is 4.90 Å². The molecular weight excluding hydrogens is 334 g/mol. The molecule has 5 nitrogen and oxygen atoms in total. The molecule has 3 atom stereocenters. The van der Waals surface area contributed by atoms with E-state index in [2.05, 4.69) is 12.2 Å². The number of nitrogens with one attached hydrogen (secondary N) is 1. The molecule has 23 heavy (non-hydrogen) atoms. The Kier molecular flexibility index (Phi) is 5.95. The van der Waals surface area contributed by atoms with Crippen LogP contribution in [0.1, 0.15) is 19.8 Å². The number of likely N-dealkylation sites (tertiary alicyclic amines) is 1. The van der Waals surface area contributed by atoms with Crippen LogP contribution in [0.15, 0.2) is 29.2 Å². The van der Waals surface area contributed by atoms with Crippen LogP contribution in [-0.2, 0) is 9.59 Å². The van der Waals surface area contributed by atoms with E-state index in [9.17, 15) is 9.59 Å². The van der Waals surface area contributed by atoms with E-state index in [4.69, 9.17) is 5.73 Å². The number of para-hydroxylation sites is 1. The fraction of sp³-hybridized carbons (Fsp3) is 0.500. The van der Waals surface area contributed by atoms with Crippen LogP contribution in [0, 0.1) is 5.92 Å². The molecule has 2 heterocycles. The number of amides is 2. The third-order valence-corrected chi connectivity index (χ3v) is 5.66. The Balaban J connectivity index is 0.00000192. The first kappa shape index (κ1) is 18.1. The van der Waals surface area contributed by atoms with Crippen molar-refractivity contribution in [2.75, 3.05) is 18.4 Å². The summed E-state index contributed by atoms with van der Waals surface area (Å²) in [6.07, 6.45) is 1.20. The molecule has 0 saturated carbocycles. The Morgan fingerprint density at radius 2 is 2.17 bits per heavy atom. The van der Waals surface area contributed by atoms with Gasteiger partial charge in [-0.05, 0) is 37.9 Å². The lowest BCUT2D eigenvalue weighted by Crippen LogP contribution is -2.39. The molecule has 0 bridgehead atoms. The van der Waals surface area contributed by atoms with Crippen LogP contribution in [0.4, 0.5) is 5.69 Å². The maximum atomic E-state index is 12.5. The molecule has 3 unspecified atom stereocenters. The highest BCUT2D eigenvalue weighted by Gasteiger charge is 2.35. The molecule has 1 saturated heterocycles. The molecule has 7 heteroatoms. The van der Waals surface area contributed by atoms with Crippen LogP contribution in [0.5, 0.6) is 0 Å². The lowest BCUT2D eigenvalue weighted by atomic mass is 10.1. The molecule has 2 aliphatic heterocycles. The van der Waals surface area contributed by atoms with Crippen LogP contribution in [0.3, 0.4) is 0 Å². The number of hydrogen-bond donors (Lipinski definition) is 2. The van der Waals surface area contributed by atoms with Crippen molar-refractivity contribution < 1.29 is 9.59 Å². The predicted octanol–water partition coefficient (Wildman–Crippen LogP) is 2.11. The molecule has 0 spiro atoms. The Labute approximate surface area is 146 Å². The molecule has 0 aliphatic carbocycles. The molecular formula is C16H22ClN3O2S. The number of anilines is 1. The van der Waals surface area contributed by atoms with E-state index >= 15 is 0 Å². The van der Waals surface area contributed by atoms with E-state index < -0.39 is 0 Å². The van der Waals surface area contributed by atoms with Gasteiger partial charge in [-0.15, -0.1) is 24.2 Å². The number of halogens is 1. The van der Waals surface area contributed by atoms with Gasteiger partial charge in [0.15, 0.2) is 0 Å². The van der Waals surface area contributed by atoms with Crippen LogP contribution in [0.2, 0.25) is 0 Å². The quantitative estimate of drug-likeness (QED) is 0.870. The van der Waals surface area contributed by atoms with Gasteiger partial charge in [0, 0.05) is 23.9 Å². The lowest BCUT2D eigenvalue weighted by molar-refractivity contribution is -0.133. The first-order valence-electron chi connectivity index (χ1n) is 7.64. The number of nitrogens with zero attached hydrogens (tertiary/aromatic N) is 1. The maximum absolute atomic E-state index is 12.5. The van der Waals surface area contributed by atoms with E-state index in [0.717, 1.165) is 17.0 Å². The largest absolute Gasteiger partial charge is 0.340 e. The second-order valence-corrected chi connectivity index (χ2v) is 7.27. The van der Waals surface area contributed by atoms with Gasteiger partial charge in [0.1, 0.15) is 0 Å². The van der Waals surface area contributed by atoms with Crippen LogP contribution in [0.25, 0.3) is 0 Å². The minimum Gasteiger partial charge on any atom is -0.340 e. The molecule has 3 rings (SSSR count). The van der Waals surface area contributed by atoms with Crippen molar-refractivity contribution in [3.05, 3.63) is 24.3 Å². The number of thioether (sulfide) groups is 1. The van der Waals surface area contributed by atoms with Gasteiger partial charge in [-0.2, -0.15) is 0 Å². The standard InChI is InChI=1S/C16H21N3O2S.ClH/c1-10-6-11(8-17)9-19(10)15(20)7-14-16(21)18-12-4-2-3-5-13(12)22-14;/h2-5,10-11,14H,6-9,17H2,1H3,(H,18,21);1H. The molecule has 126 valence electrons. The molecule has 2 amide bonds. The number of nitrogens with two attached hydrogens (primary N) is 1. The molecule has 0 aromatic heterocycles. The van der Waals surface area contributed by atoms with Crippen molar-refractivity contribution in [3.8, 4) is 0 Å². The molecule has 1 aromatic rings. The summed E-state index contributed by atoms with van der Waals surface area (Å²) in [5, 5.41) is 2.53. The van der Waals surface area contributed by atoms with Crippen molar-refractivity contribution in [1.29, 1.82) is 0 Å². The minimum absolute atomic E-state index is 0. The van der Waals surface area contributed by atoms with E-state index in [1.54, 1.807) is 0 Å². The van der Waals surface area contributed by atoms with Crippen molar-refractivity contribution in [2.24, 2.45) is 11.7 Å². The van der Waals surface area contributed by atoms with Crippen LogP contribution < -0.4 is 11.1 Å². The third-order valence-electron chi connectivity index (χ3n) is 4.38. The second kappa shape index (κ2) is 7.55. The van der Waals surface area contributed by atoms with Gasteiger partial charge in [-0.3, -0.25) is 9.59 Å². The average molecular weight is 356 g/mol. The first-order chi connectivity index (χ1) is 10.6. The SMILES string of the molecule is CC1CC(CN)CN1C(=O)CC1Sc2ccccc2NC1=O.Cl. The van der Waals surface area contributed by atoms with Gasteiger partial charge < -0.3 is 16.0 Å². The smallest absolute Gasteiger partial charge is 0.238 e. The zero-order chi connectivity index (χ0) is 15.7. The summed E-state index contributed by atoms with van der Waals surface area (Å²) in [5.41, 5.74) is 6.54. The number of hydrogen-bond acceptors (Lipinski definition) is 4. The summed E-state index contributed by atoms with van der Waals surface area (Å²) >= 11 is 1.48. The number of carbonyl (C=O) groups is 2. The van der Waals surface area contributed by atoms with Gasteiger partial charge in [-0.1, -0.05) is 12.1 Å². The lowest BCUT2D eigenvalue weighted by Gasteiger charge is -2.27. The number of carbonyl (C=O) groups excluding carboxylic acids is 2. The summed E-state index contributed by atoms with van der Waals surface area (Å²) < 4.78 is 0.